The first-order valence-electron chi connectivity index (χ1n) is 10.9. The van der Waals surface area contributed by atoms with Gasteiger partial charge in [-0.05, 0) is 36.6 Å². The Balaban J connectivity index is 2.03. The third kappa shape index (κ3) is 5.77. The molecule has 0 saturated heterocycles. The van der Waals surface area contributed by atoms with Gasteiger partial charge in [-0.15, -0.1) is 0 Å². The lowest BCUT2D eigenvalue weighted by atomic mass is 10.0. The fourth-order valence-electron chi connectivity index (χ4n) is 3.60. The summed E-state index contributed by atoms with van der Waals surface area (Å²) in [5.74, 6) is -0.153. The van der Waals surface area contributed by atoms with E-state index in [2.05, 4.69) is 10.4 Å². The molecule has 1 atom stereocenters. The molecule has 0 bridgehead atoms. The van der Waals surface area contributed by atoms with Crippen LogP contribution in [0.15, 0.2) is 53.3 Å². The SMILES string of the molecule is CCOC(=O)CC(NC(=O)c1nn(CC(C)C)c(=O)c2ccccc12)c1cccc(OC)c1. The summed E-state index contributed by atoms with van der Waals surface area (Å²) in [6.45, 7) is 6.30. The second kappa shape index (κ2) is 10.8. The van der Waals surface area contributed by atoms with Crippen LogP contribution in [0.25, 0.3) is 10.8 Å². The molecule has 3 aromatic rings. The van der Waals surface area contributed by atoms with Gasteiger partial charge in [-0.1, -0.05) is 44.2 Å². The highest BCUT2D eigenvalue weighted by atomic mass is 16.5. The molecular formula is C25H29N3O5. The van der Waals surface area contributed by atoms with Gasteiger partial charge < -0.3 is 14.8 Å². The second-order valence-corrected chi connectivity index (χ2v) is 8.09. The zero-order chi connectivity index (χ0) is 24.0. The van der Waals surface area contributed by atoms with Crippen LogP contribution in [0.3, 0.4) is 0 Å². The summed E-state index contributed by atoms with van der Waals surface area (Å²) >= 11 is 0. The topological polar surface area (TPSA) is 99.5 Å². The van der Waals surface area contributed by atoms with E-state index in [1.807, 2.05) is 13.8 Å². The van der Waals surface area contributed by atoms with E-state index < -0.39 is 17.9 Å². The second-order valence-electron chi connectivity index (χ2n) is 8.09. The summed E-state index contributed by atoms with van der Waals surface area (Å²) in [7, 11) is 1.55. The van der Waals surface area contributed by atoms with E-state index in [0.717, 1.165) is 0 Å². The first-order chi connectivity index (χ1) is 15.8. The monoisotopic (exact) mass is 451 g/mol. The molecule has 0 aliphatic heterocycles. The summed E-state index contributed by atoms with van der Waals surface area (Å²) in [4.78, 5) is 38.5. The number of hydrogen-bond acceptors (Lipinski definition) is 6. The predicted octanol–water partition coefficient (Wildman–Crippen LogP) is 3.49. The van der Waals surface area contributed by atoms with Crippen molar-refractivity contribution in [3.63, 3.8) is 0 Å². The Kier molecular flexibility index (Phi) is 7.82. The van der Waals surface area contributed by atoms with Crippen LogP contribution < -0.4 is 15.6 Å². The molecule has 174 valence electrons. The molecule has 3 rings (SSSR count). The smallest absolute Gasteiger partial charge is 0.308 e. The maximum Gasteiger partial charge on any atom is 0.308 e. The van der Waals surface area contributed by atoms with Crippen molar-refractivity contribution in [1.82, 2.24) is 15.1 Å². The van der Waals surface area contributed by atoms with Crippen molar-refractivity contribution >= 4 is 22.6 Å². The van der Waals surface area contributed by atoms with Gasteiger partial charge in [0.25, 0.3) is 11.5 Å². The minimum atomic E-state index is -0.669. The largest absolute Gasteiger partial charge is 0.497 e. The standard InChI is InChI=1S/C25H29N3O5/c1-5-33-22(29)14-21(17-9-8-10-18(13-17)32-4)26-24(30)23-19-11-6-7-12-20(19)25(31)28(27-23)15-16(2)3/h6-13,16,21H,5,14-15H2,1-4H3,(H,26,30). The molecule has 0 radical (unpaired) electrons. The molecule has 33 heavy (non-hydrogen) atoms. The Morgan fingerprint density at radius 2 is 1.82 bits per heavy atom. The molecule has 8 nitrogen and oxygen atoms in total. The summed E-state index contributed by atoms with van der Waals surface area (Å²) < 4.78 is 11.7. The van der Waals surface area contributed by atoms with E-state index >= 15 is 0 Å². The zero-order valence-electron chi connectivity index (χ0n) is 19.3. The van der Waals surface area contributed by atoms with Crippen molar-refractivity contribution in [2.24, 2.45) is 5.92 Å². The van der Waals surface area contributed by atoms with Crippen molar-refractivity contribution in [3.8, 4) is 5.75 Å². The average molecular weight is 452 g/mol. The number of rotatable bonds is 9. The van der Waals surface area contributed by atoms with Gasteiger partial charge in [-0.25, -0.2) is 4.68 Å². The summed E-state index contributed by atoms with van der Waals surface area (Å²) in [5, 5.41) is 8.17. The Morgan fingerprint density at radius 3 is 2.48 bits per heavy atom. The molecule has 0 aliphatic carbocycles. The average Bonchev–Trinajstić information content (AvgIpc) is 2.80. The number of benzene rings is 2. The van der Waals surface area contributed by atoms with Crippen LogP contribution in [-0.2, 0) is 16.1 Å². The van der Waals surface area contributed by atoms with Crippen LogP contribution >= 0.6 is 0 Å². The number of amides is 1. The lowest BCUT2D eigenvalue weighted by molar-refractivity contribution is -0.143. The molecule has 0 saturated carbocycles. The van der Waals surface area contributed by atoms with Crippen LogP contribution in [0.1, 0.15) is 49.3 Å². The van der Waals surface area contributed by atoms with Gasteiger partial charge in [-0.2, -0.15) is 5.10 Å². The molecule has 0 aliphatic rings. The minimum absolute atomic E-state index is 0.0592. The van der Waals surface area contributed by atoms with Crippen molar-refractivity contribution in [2.45, 2.75) is 39.8 Å². The summed E-state index contributed by atoms with van der Waals surface area (Å²) in [5.41, 5.74) is 0.574. The zero-order valence-corrected chi connectivity index (χ0v) is 19.3. The summed E-state index contributed by atoms with van der Waals surface area (Å²) in [6, 6.07) is 13.4. The molecule has 2 aromatic carbocycles. The van der Waals surface area contributed by atoms with Gasteiger partial charge in [0, 0.05) is 11.9 Å². The number of methoxy groups -OCH3 is 1. The van der Waals surface area contributed by atoms with E-state index in [9.17, 15) is 14.4 Å². The molecule has 0 fully saturated rings. The fraction of sp³-hybridized carbons (Fsp3) is 0.360. The van der Waals surface area contributed by atoms with Gasteiger partial charge in [0.2, 0.25) is 0 Å². The van der Waals surface area contributed by atoms with Crippen LogP contribution in [0.4, 0.5) is 0 Å². The van der Waals surface area contributed by atoms with Crippen molar-refractivity contribution in [2.75, 3.05) is 13.7 Å². The van der Waals surface area contributed by atoms with Crippen LogP contribution in [0.5, 0.6) is 5.75 Å². The number of esters is 1. The van der Waals surface area contributed by atoms with E-state index in [1.165, 1.54) is 4.68 Å². The molecule has 0 spiro atoms. The van der Waals surface area contributed by atoms with Gasteiger partial charge >= 0.3 is 5.97 Å². The van der Waals surface area contributed by atoms with Crippen molar-refractivity contribution < 1.29 is 19.1 Å². The third-order valence-electron chi connectivity index (χ3n) is 5.10. The predicted molar refractivity (Wildman–Crippen MR) is 125 cm³/mol. The number of fused-ring (bicyclic) bond motifs is 1. The number of nitrogens with zero attached hydrogens (tertiary/aromatic N) is 2. The minimum Gasteiger partial charge on any atom is -0.497 e. The lowest BCUT2D eigenvalue weighted by Crippen LogP contribution is -2.34. The van der Waals surface area contributed by atoms with Gasteiger partial charge in [0.05, 0.1) is 31.6 Å². The number of hydrogen-bond donors (Lipinski definition) is 1. The number of carbonyl (C=O) groups is 2. The highest BCUT2D eigenvalue weighted by Gasteiger charge is 2.24. The van der Waals surface area contributed by atoms with Crippen molar-refractivity contribution in [3.05, 3.63) is 70.1 Å². The Bertz CT molecular complexity index is 1200. The molecule has 8 heteroatoms. The van der Waals surface area contributed by atoms with E-state index in [-0.39, 0.29) is 30.2 Å². The molecule has 1 N–H and O–H groups in total. The van der Waals surface area contributed by atoms with E-state index in [0.29, 0.717) is 28.6 Å². The molecule has 1 unspecified atom stereocenters. The Labute approximate surface area is 192 Å². The first kappa shape index (κ1) is 24.0. The third-order valence-corrected chi connectivity index (χ3v) is 5.10. The van der Waals surface area contributed by atoms with Crippen molar-refractivity contribution in [1.29, 1.82) is 0 Å². The molecule has 1 heterocycles. The maximum atomic E-state index is 13.4. The van der Waals surface area contributed by atoms with Gasteiger partial charge in [0.1, 0.15) is 5.75 Å². The lowest BCUT2D eigenvalue weighted by Gasteiger charge is -2.20. The molecule has 1 aromatic heterocycles. The number of nitrogens with one attached hydrogen (secondary N) is 1. The highest BCUT2D eigenvalue weighted by Crippen LogP contribution is 2.23. The highest BCUT2D eigenvalue weighted by molar-refractivity contribution is 6.05. The van der Waals surface area contributed by atoms with Gasteiger partial charge in [-0.3, -0.25) is 14.4 Å². The number of carbonyl (C=O) groups excluding carboxylic acids is 2. The van der Waals surface area contributed by atoms with Crippen LogP contribution in [0, 0.1) is 5.92 Å². The first-order valence-corrected chi connectivity index (χ1v) is 10.9. The Hall–Kier alpha value is -3.68. The normalized spacial score (nSPS) is 11.9. The summed E-state index contributed by atoms with van der Waals surface area (Å²) in [6.07, 6.45) is -0.0592. The Morgan fingerprint density at radius 1 is 1.09 bits per heavy atom. The maximum absolute atomic E-state index is 13.4. The number of ether oxygens (including phenoxy) is 2. The van der Waals surface area contributed by atoms with Crippen LogP contribution in [-0.4, -0.2) is 35.4 Å². The molecule has 1 amide bonds. The van der Waals surface area contributed by atoms with Crippen LogP contribution in [0.2, 0.25) is 0 Å². The molecular weight excluding hydrogens is 422 g/mol. The quantitative estimate of drug-likeness (QED) is 0.500. The fourth-order valence-corrected chi connectivity index (χ4v) is 3.60. The van der Waals surface area contributed by atoms with Gasteiger partial charge in [0.15, 0.2) is 5.69 Å². The van der Waals surface area contributed by atoms with E-state index in [1.54, 1.807) is 62.6 Å². The number of aromatic nitrogens is 2. The van der Waals surface area contributed by atoms with E-state index in [4.69, 9.17) is 9.47 Å².